The first-order valence-electron chi connectivity index (χ1n) is 6.19. The van der Waals surface area contributed by atoms with Gasteiger partial charge in [-0.2, -0.15) is 0 Å². The zero-order chi connectivity index (χ0) is 13.6. The maximum absolute atomic E-state index is 10.7. The van der Waals surface area contributed by atoms with Gasteiger partial charge >= 0.3 is 5.97 Å². The van der Waals surface area contributed by atoms with E-state index in [2.05, 4.69) is 6.92 Å². The molecule has 0 saturated heterocycles. The minimum Gasteiger partial charge on any atom is -0.494 e. The summed E-state index contributed by atoms with van der Waals surface area (Å²) in [6.07, 6.45) is 2.02. The highest BCUT2D eigenvalue weighted by Gasteiger charge is 2.24. The normalized spacial score (nSPS) is 13.9. The van der Waals surface area contributed by atoms with E-state index in [1.54, 1.807) is 6.92 Å². The second-order valence-corrected chi connectivity index (χ2v) is 4.71. The minimum atomic E-state index is -0.900. The van der Waals surface area contributed by atoms with Crippen LogP contribution in [0.3, 0.4) is 0 Å². The minimum absolute atomic E-state index is 0.0942. The summed E-state index contributed by atoms with van der Waals surface area (Å²) in [4.78, 5) is 10.7. The largest absolute Gasteiger partial charge is 0.494 e. The van der Waals surface area contributed by atoms with Gasteiger partial charge in [0.05, 0.1) is 13.0 Å². The number of rotatable bonds is 7. The molecule has 0 bridgehead atoms. The van der Waals surface area contributed by atoms with E-state index >= 15 is 0 Å². The van der Waals surface area contributed by atoms with Gasteiger partial charge in [0.2, 0.25) is 0 Å². The highest BCUT2D eigenvalue weighted by Crippen LogP contribution is 2.24. The van der Waals surface area contributed by atoms with Crippen LogP contribution in [-0.2, 0) is 10.3 Å². The fourth-order valence-corrected chi connectivity index (χ4v) is 1.68. The van der Waals surface area contributed by atoms with Crippen LogP contribution in [-0.4, -0.2) is 17.7 Å². The lowest BCUT2D eigenvalue weighted by Gasteiger charge is -2.23. The summed E-state index contributed by atoms with van der Waals surface area (Å²) in [5.74, 6) is -0.110. The smallest absolute Gasteiger partial charge is 0.305 e. The number of ether oxygens (including phenoxy) is 1. The van der Waals surface area contributed by atoms with E-state index in [9.17, 15) is 4.79 Å². The van der Waals surface area contributed by atoms with Gasteiger partial charge in [-0.3, -0.25) is 4.79 Å². The van der Waals surface area contributed by atoms with Crippen molar-refractivity contribution in [1.29, 1.82) is 0 Å². The molecular formula is C14H21NO3. The first kappa shape index (κ1) is 14.5. The van der Waals surface area contributed by atoms with Crippen molar-refractivity contribution in [1.82, 2.24) is 0 Å². The third-order valence-electron chi connectivity index (χ3n) is 2.80. The van der Waals surface area contributed by atoms with E-state index in [4.69, 9.17) is 15.6 Å². The number of hydrogen-bond donors (Lipinski definition) is 2. The molecule has 0 radical (unpaired) electrons. The average Bonchev–Trinajstić information content (AvgIpc) is 2.28. The highest BCUT2D eigenvalue weighted by atomic mass is 16.5. The third-order valence-corrected chi connectivity index (χ3v) is 2.80. The molecule has 0 aliphatic carbocycles. The summed E-state index contributed by atoms with van der Waals surface area (Å²) in [5, 5.41) is 8.80. The molecule has 0 aromatic heterocycles. The molecule has 0 saturated carbocycles. The molecule has 100 valence electrons. The van der Waals surface area contributed by atoms with E-state index in [-0.39, 0.29) is 6.42 Å². The van der Waals surface area contributed by atoms with Crippen molar-refractivity contribution in [2.24, 2.45) is 5.73 Å². The molecule has 0 amide bonds. The second-order valence-electron chi connectivity index (χ2n) is 4.71. The topological polar surface area (TPSA) is 72.5 Å². The first-order chi connectivity index (χ1) is 8.45. The lowest BCUT2D eigenvalue weighted by atomic mass is 9.90. The Morgan fingerprint density at radius 2 is 2.00 bits per heavy atom. The van der Waals surface area contributed by atoms with Crippen molar-refractivity contribution in [3.05, 3.63) is 29.8 Å². The Morgan fingerprint density at radius 3 is 2.50 bits per heavy atom. The van der Waals surface area contributed by atoms with E-state index in [0.29, 0.717) is 6.61 Å². The molecule has 4 heteroatoms. The van der Waals surface area contributed by atoms with E-state index in [1.165, 1.54) is 0 Å². The zero-order valence-electron chi connectivity index (χ0n) is 11.0. The summed E-state index contributed by atoms with van der Waals surface area (Å²) in [6, 6.07) is 7.31. The zero-order valence-corrected chi connectivity index (χ0v) is 11.0. The first-order valence-corrected chi connectivity index (χ1v) is 6.19. The lowest BCUT2D eigenvalue weighted by Crippen LogP contribution is -2.35. The van der Waals surface area contributed by atoms with Crippen molar-refractivity contribution in [2.45, 2.75) is 38.6 Å². The summed E-state index contributed by atoms with van der Waals surface area (Å²) >= 11 is 0. The monoisotopic (exact) mass is 251 g/mol. The summed E-state index contributed by atoms with van der Waals surface area (Å²) < 4.78 is 5.54. The molecule has 1 atom stereocenters. The third kappa shape index (κ3) is 4.37. The van der Waals surface area contributed by atoms with E-state index in [1.807, 2.05) is 24.3 Å². The van der Waals surface area contributed by atoms with Crippen LogP contribution in [0.1, 0.15) is 38.7 Å². The number of nitrogens with two attached hydrogens (primary N) is 1. The van der Waals surface area contributed by atoms with Crippen molar-refractivity contribution in [3.8, 4) is 5.75 Å². The van der Waals surface area contributed by atoms with Gasteiger partial charge in [-0.15, -0.1) is 0 Å². The lowest BCUT2D eigenvalue weighted by molar-refractivity contribution is -0.138. The quantitative estimate of drug-likeness (QED) is 0.730. The predicted octanol–water partition coefficient (Wildman–Crippen LogP) is 2.51. The molecule has 0 fully saturated rings. The number of carbonyl (C=O) groups is 1. The number of hydrogen-bond acceptors (Lipinski definition) is 3. The standard InChI is InChI=1S/C14H21NO3/c1-3-4-9-18-12-7-5-11(6-8-12)14(2,15)10-13(16)17/h5-8H,3-4,9-10,15H2,1-2H3,(H,16,17). The van der Waals surface area contributed by atoms with Crippen LogP contribution in [0, 0.1) is 0 Å². The summed E-state index contributed by atoms with van der Waals surface area (Å²) in [5.41, 5.74) is 5.93. The Labute approximate surface area is 108 Å². The van der Waals surface area contributed by atoms with Crippen LogP contribution in [0.4, 0.5) is 0 Å². The van der Waals surface area contributed by atoms with Crippen molar-refractivity contribution < 1.29 is 14.6 Å². The number of benzene rings is 1. The summed E-state index contributed by atoms with van der Waals surface area (Å²) in [7, 11) is 0. The Kier molecular flexibility index (Phi) is 5.16. The molecule has 1 rings (SSSR count). The van der Waals surface area contributed by atoms with Gasteiger partial charge < -0.3 is 15.6 Å². The molecule has 1 aromatic rings. The Balaban J connectivity index is 2.66. The van der Waals surface area contributed by atoms with Gasteiger partial charge in [-0.1, -0.05) is 25.5 Å². The van der Waals surface area contributed by atoms with Gasteiger partial charge in [0.25, 0.3) is 0 Å². The van der Waals surface area contributed by atoms with Crippen LogP contribution < -0.4 is 10.5 Å². The van der Waals surface area contributed by atoms with Gasteiger partial charge in [-0.05, 0) is 31.0 Å². The van der Waals surface area contributed by atoms with Gasteiger partial charge in [0, 0.05) is 5.54 Å². The van der Waals surface area contributed by atoms with Crippen LogP contribution in [0.15, 0.2) is 24.3 Å². The molecule has 0 aliphatic rings. The average molecular weight is 251 g/mol. The fraction of sp³-hybridized carbons (Fsp3) is 0.500. The Morgan fingerprint density at radius 1 is 1.39 bits per heavy atom. The van der Waals surface area contributed by atoms with Gasteiger partial charge in [-0.25, -0.2) is 0 Å². The molecule has 0 heterocycles. The highest BCUT2D eigenvalue weighted by molar-refractivity contribution is 5.68. The molecule has 1 aromatic carbocycles. The maximum atomic E-state index is 10.7. The Bertz CT molecular complexity index is 385. The molecular weight excluding hydrogens is 230 g/mol. The van der Waals surface area contributed by atoms with Gasteiger partial charge in [0.1, 0.15) is 5.75 Å². The summed E-state index contributed by atoms with van der Waals surface area (Å²) in [6.45, 7) is 4.52. The number of aliphatic carboxylic acids is 1. The maximum Gasteiger partial charge on any atom is 0.305 e. The van der Waals surface area contributed by atoms with Crippen LogP contribution >= 0.6 is 0 Å². The van der Waals surface area contributed by atoms with Gasteiger partial charge in [0.15, 0.2) is 0 Å². The number of carboxylic acids is 1. The van der Waals surface area contributed by atoms with E-state index in [0.717, 1.165) is 24.2 Å². The SMILES string of the molecule is CCCCOc1ccc(C(C)(N)CC(=O)O)cc1. The van der Waals surface area contributed by atoms with Crippen molar-refractivity contribution >= 4 is 5.97 Å². The predicted molar refractivity (Wildman–Crippen MR) is 70.6 cm³/mol. The fourth-order valence-electron chi connectivity index (χ4n) is 1.68. The van der Waals surface area contributed by atoms with Crippen LogP contribution in [0.2, 0.25) is 0 Å². The van der Waals surface area contributed by atoms with E-state index < -0.39 is 11.5 Å². The molecule has 4 nitrogen and oxygen atoms in total. The van der Waals surface area contributed by atoms with Crippen LogP contribution in [0.5, 0.6) is 5.75 Å². The Hall–Kier alpha value is -1.55. The number of unbranched alkanes of at least 4 members (excludes halogenated alkanes) is 1. The van der Waals surface area contributed by atoms with Crippen LogP contribution in [0.25, 0.3) is 0 Å². The molecule has 1 unspecified atom stereocenters. The molecule has 3 N–H and O–H groups in total. The second kappa shape index (κ2) is 6.40. The van der Waals surface area contributed by atoms with Crippen molar-refractivity contribution in [2.75, 3.05) is 6.61 Å². The van der Waals surface area contributed by atoms with Crippen molar-refractivity contribution in [3.63, 3.8) is 0 Å². The number of carboxylic acid groups (broad SMARTS) is 1. The molecule has 0 spiro atoms. The molecule has 18 heavy (non-hydrogen) atoms. The molecule has 0 aliphatic heterocycles.